The molecule has 104 valence electrons. The van der Waals surface area contributed by atoms with Crippen molar-refractivity contribution >= 4 is 0 Å². The van der Waals surface area contributed by atoms with E-state index in [0.29, 0.717) is 18.5 Å². The number of unbranched alkanes of at least 4 members (excludes halogenated alkanes) is 2. The molecule has 0 saturated heterocycles. The van der Waals surface area contributed by atoms with E-state index in [1.54, 1.807) is 0 Å². The summed E-state index contributed by atoms with van der Waals surface area (Å²) in [7, 11) is 0. The molecule has 0 bridgehead atoms. The van der Waals surface area contributed by atoms with E-state index in [-0.39, 0.29) is 6.54 Å². The molecule has 0 aromatic heterocycles. The average molecular weight is 273 g/mol. The lowest BCUT2D eigenvalue weighted by Gasteiger charge is -2.10. The molecule has 0 aliphatic rings. The van der Waals surface area contributed by atoms with Crippen LogP contribution in [0.4, 0.5) is 17.6 Å². The van der Waals surface area contributed by atoms with Gasteiger partial charge in [0.15, 0.2) is 0 Å². The Morgan fingerprint density at radius 1 is 1.21 bits per heavy atom. The molecule has 0 saturated carbocycles. The van der Waals surface area contributed by atoms with Gasteiger partial charge in [-0.2, -0.15) is 13.2 Å². The highest BCUT2D eigenvalue weighted by Gasteiger charge is 2.34. The molecule has 1 rings (SSSR count). The molecule has 0 spiro atoms. The lowest BCUT2D eigenvalue weighted by Crippen LogP contribution is -2.16. The molecule has 0 aliphatic carbocycles. The average Bonchev–Trinajstić information content (AvgIpc) is 2.34. The van der Waals surface area contributed by atoms with Crippen molar-refractivity contribution in [2.75, 3.05) is 6.54 Å². The standard InChI is InChI=1S/C14H15F4N/c1-2-3-4-5-8-19-10-11-6-7-13(15)12(9-11)14(16,17)18/h1,6-7,9,19H,3-5,8,10H2. The second-order valence-electron chi connectivity index (χ2n) is 4.15. The summed E-state index contributed by atoms with van der Waals surface area (Å²) in [5.74, 6) is 1.27. The minimum Gasteiger partial charge on any atom is -0.313 e. The van der Waals surface area contributed by atoms with E-state index < -0.39 is 17.6 Å². The Labute approximate surface area is 110 Å². The van der Waals surface area contributed by atoms with Gasteiger partial charge in [0.2, 0.25) is 0 Å². The van der Waals surface area contributed by atoms with Crippen LogP contribution in [0.2, 0.25) is 0 Å². The maximum Gasteiger partial charge on any atom is 0.419 e. The molecule has 19 heavy (non-hydrogen) atoms. The minimum absolute atomic E-state index is 0.277. The number of hydrogen-bond donors (Lipinski definition) is 1. The van der Waals surface area contributed by atoms with E-state index in [1.165, 1.54) is 6.07 Å². The lowest BCUT2D eigenvalue weighted by molar-refractivity contribution is -0.140. The van der Waals surface area contributed by atoms with Gasteiger partial charge in [0.25, 0.3) is 0 Å². The van der Waals surface area contributed by atoms with Crippen LogP contribution in [-0.2, 0) is 12.7 Å². The van der Waals surface area contributed by atoms with Crippen LogP contribution in [0.5, 0.6) is 0 Å². The van der Waals surface area contributed by atoms with Gasteiger partial charge < -0.3 is 5.32 Å². The Kier molecular flexibility index (Phi) is 5.84. The SMILES string of the molecule is C#CCCCCNCc1ccc(F)c(C(F)(F)F)c1. The summed E-state index contributed by atoms with van der Waals surface area (Å²) in [5.41, 5.74) is -0.815. The number of terminal acetylenes is 1. The Hall–Kier alpha value is -1.54. The largest absolute Gasteiger partial charge is 0.419 e. The fourth-order valence-corrected chi connectivity index (χ4v) is 1.61. The zero-order chi connectivity index (χ0) is 14.3. The summed E-state index contributed by atoms with van der Waals surface area (Å²) in [5, 5.41) is 3.00. The number of nitrogens with one attached hydrogen (secondary N) is 1. The minimum atomic E-state index is -4.66. The predicted molar refractivity (Wildman–Crippen MR) is 65.8 cm³/mol. The molecule has 0 amide bonds. The van der Waals surface area contributed by atoms with E-state index >= 15 is 0 Å². The number of hydrogen-bond acceptors (Lipinski definition) is 1. The first-order chi connectivity index (χ1) is 8.95. The molecule has 0 unspecified atom stereocenters. The number of benzene rings is 1. The van der Waals surface area contributed by atoms with Crippen molar-refractivity contribution in [3.8, 4) is 12.3 Å². The van der Waals surface area contributed by atoms with Crippen LogP contribution in [0.15, 0.2) is 18.2 Å². The van der Waals surface area contributed by atoms with Gasteiger partial charge in [-0.3, -0.25) is 0 Å². The van der Waals surface area contributed by atoms with E-state index in [2.05, 4.69) is 11.2 Å². The molecule has 0 radical (unpaired) electrons. The molecule has 5 heteroatoms. The Morgan fingerprint density at radius 2 is 1.95 bits per heavy atom. The number of alkyl halides is 3. The van der Waals surface area contributed by atoms with Crippen LogP contribution in [0.1, 0.15) is 30.4 Å². The third-order valence-corrected chi connectivity index (χ3v) is 2.59. The maximum absolute atomic E-state index is 13.0. The summed E-state index contributed by atoms with van der Waals surface area (Å²) in [4.78, 5) is 0. The fraction of sp³-hybridized carbons (Fsp3) is 0.429. The summed E-state index contributed by atoms with van der Waals surface area (Å²) in [6.07, 6.45) is 2.86. The van der Waals surface area contributed by atoms with Crippen LogP contribution in [0.3, 0.4) is 0 Å². The Bertz CT molecular complexity index is 446. The summed E-state index contributed by atoms with van der Waals surface area (Å²) >= 11 is 0. The summed E-state index contributed by atoms with van der Waals surface area (Å²) in [6, 6.07) is 3.03. The Balaban J connectivity index is 2.49. The van der Waals surface area contributed by atoms with E-state index in [9.17, 15) is 17.6 Å². The first kappa shape index (κ1) is 15.5. The van der Waals surface area contributed by atoms with Crippen molar-refractivity contribution in [3.05, 3.63) is 35.1 Å². The van der Waals surface area contributed by atoms with Gasteiger partial charge in [-0.25, -0.2) is 4.39 Å². The Morgan fingerprint density at radius 3 is 2.58 bits per heavy atom. The maximum atomic E-state index is 13.0. The molecular formula is C14H15F4N. The molecule has 1 N–H and O–H groups in total. The first-order valence-electron chi connectivity index (χ1n) is 5.95. The van der Waals surface area contributed by atoms with E-state index in [4.69, 9.17) is 6.42 Å². The summed E-state index contributed by atoms with van der Waals surface area (Å²) in [6.45, 7) is 0.944. The van der Waals surface area contributed by atoms with Gasteiger partial charge in [-0.05, 0) is 37.1 Å². The number of halogens is 4. The lowest BCUT2D eigenvalue weighted by atomic mass is 10.1. The van der Waals surface area contributed by atoms with Crippen molar-refractivity contribution in [3.63, 3.8) is 0 Å². The zero-order valence-corrected chi connectivity index (χ0v) is 10.4. The smallest absolute Gasteiger partial charge is 0.313 e. The third kappa shape index (κ3) is 5.31. The van der Waals surface area contributed by atoms with Gasteiger partial charge >= 0.3 is 6.18 Å². The second-order valence-corrected chi connectivity index (χ2v) is 4.15. The van der Waals surface area contributed by atoms with Gasteiger partial charge in [0.1, 0.15) is 5.82 Å². The highest BCUT2D eigenvalue weighted by atomic mass is 19.4. The quantitative estimate of drug-likeness (QED) is 0.473. The molecule has 1 nitrogen and oxygen atoms in total. The van der Waals surface area contributed by atoms with Crippen LogP contribution in [-0.4, -0.2) is 6.54 Å². The van der Waals surface area contributed by atoms with Crippen LogP contribution in [0, 0.1) is 18.2 Å². The van der Waals surface area contributed by atoms with Crippen molar-refractivity contribution in [2.24, 2.45) is 0 Å². The van der Waals surface area contributed by atoms with E-state index in [1.807, 2.05) is 0 Å². The van der Waals surface area contributed by atoms with Gasteiger partial charge in [-0.15, -0.1) is 12.3 Å². The van der Waals surface area contributed by atoms with Crippen LogP contribution < -0.4 is 5.32 Å². The molecule has 0 aliphatic heterocycles. The topological polar surface area (TPSA) is 12.0 Å². The summed E-state index contributed by atoms with van der Waals surface area (Å²) < 4.78 is 50.5. The highest BCUT2D eigenvalue weighted by Crippen LogP contribution is 2.31. The molecule has 1 aromatic carbocycles. The number of rotatable bonds is 6. The van der Waals surface area contributed by atoms with Gasteiger partial charge in [0.05, 0.1) is 5.56 Å². The molecule has 0 fully saturated rings. The normalized spacial score (nSPS) is 11.3. The van der Waals surface area contributed by atoms with Crippen molar-refractivity contribution in [1.82, 2.24) is 5.32 Å². The van der Waals surface area contributed by atoms with Crippen molar-refractivity contribution in [2.45, 2.75) is 32.0 Å². The second kappa shape index (κ2) is 7.15. The monoisotopic (exact) mass is 273 g/mol. The van der Waals surface area contributed by atoms with Crippen molar-refractivity contribution < 1.29 is 17.6 Å². The first-order valence-corrected chi connectivity index (χ1v) is 5.95. The van der Waals surface area contributed by atoms with Gasteiger partial charge in [-0.1, -0.05) is 6.07 Å². The molecule has 1 aromatic rings. The highest BCUT2D eigenvalue weighted by molar-refractivity contribution is 5.27. The van der Waals surface area contributed by atoms with Crippen molar-refractivity contribution in [1.29, 1.82) is 0 Å². The molecular weight excluding hydrogens is 258 g/mol. The van der Waals surface area contributed by atoms with Crippen LogP contribution in [0.25, 0.3) is 0 Å². The fourth-order valence-electron chi connectivity index (χ4n) is 1.61. The molecule has 0 atom stereocenters. The van der Waals surface area contributed by atoms with Gasteiger partial charge in [0, 0.05) is 13.0 Å². The van der Waals surface area contributed by atoms with Crippen LogP contribution >= 0.6 is 0 Å². The molecule has 0 heterocycles. The van der Waals surface area contributed by atoms with E-state index in [0.717, 1.165) is 25.0 Å². The third-order valence-electron chi connectivity index (χ3n) is 2.59. The zero-order valence-electron chi connectivity index (χ0n) is 10.4. The predicted octanol–water partition coefficient (Wildman–Crippen LogP) is 3.74.